The Hall–Kier alpha value is -1.76. The lowest BCUT2D eigenvalue weighted by atomic mass is 9.95. The molecule has 0 aliphatic carbocycles. The first kappa shape index (κ1) is 14.6. The Morgan fingerprint density at radius 2 is 1.85 bits per heavy atom. The molecule has 0 fully saturated rings. The number of hydrogen-bond acceptors (Lipinski definition) is 3. The first-order chi connectivity index (χ1) is 9.55. The molecular weight excluding hydrogens is 264 g/mol. The first-order valence-corrected chi connectivity index (χ1v) is 7.49. The van der Waals surface area contributed by atoms with Gasteiger partial charge in [-0.2, -0.15) is 5.26 Å². The zero-order valence-corrected chi connectivity index (χ0v) is 12.6. The van der Waals surface area contributed by atoms with E-state index in [9.17, 15) is 5.26 Å². The highest BCUT2D eigenvalue weighted by molar-refractivity contribution is 7.99. The van der Waals surface area contributed by atoms with Crippen molar-refractivity contribution in [2.24, 2.45) is 5.73 Å². The minimum atomic E-state index is -0.956. The zero-order valence-electron chi connectivity index (χ0n) is 11.8. The second-order valence-corrected chi connectivity index (χ2v) is 6.02. The van der Waals surface area contributed by atoms with E-state index in [-0.39, 0.29) is 0 Å². The van der Waals surface area contributed by atoms with E-state index in [2.05, 4.69) is 38.1 Å². The van der Waals surface area contributed by atoms with E-state index in [1.54, 1.807) is 11.8 Å². The minimum absolute atomic E-state index is 0.539. The van der Waals surface area contributed by atoms with Gasteiger partial charge in [-0.1, -0.05) is 48.0 Å². The lowest BCUT2D eigenvalue weighted by molar-refractivity contribution is 0.659. The van der Waals surface area contributed by atoms with E-state index >= 15 is 0 Å². The fourth-order valence-corrected chi connectivity index (χ4v) is 3.15. The van der Waals surface area contributed by atoms with Crippen molar-refractivity contribution in [3.63, 3.8) is 0 Å². The fourth-order valence-electron chi connectivity index (χ4n) is 1.97. The van der Waals surface area contributed by atoms with Crippen LogP contribution in [0.3, 0.4) is 0 Å². The Morgan fingerprint density at radius 3 is 2.50 bits per heavy atom. The third-order valence-electron chi connectivity index (χ3n) is 3.29. The van der Waals surface area contributed by atoms with E-state index < -0.39 is 5.54 Å². The molecule has 20 heavy (non-hydrogen) atoms. The SMILES string of the molecule is Cc1ccc(C)c(SCC(N)(C#N)c2ccccc2)c1. The van der Waals surface area contributed by atoms with Crippen molar-refractivity contribution in [1.82, 2.24) is 0 Å². The van der Waals surface area contributed by atoms with Crippen molar-refractivity contribution in [1.29, 1.82) is 5.26 Å². The zero-order chi connectivity index (χ0) is 14.6. The molecule has 0 aliphatic heterocycles. The molecule has 0 heterocycles. The van der Waals surface area contributed by atoms with Gasteiger partial charge in [0, 0.05) is 10.6 Å². The molecule has 2 N–H and O–H groups in total. The Bertz CT molecular complexity index is 631. The van der Waals surface area contributed by atoms with Crippen molar-refractivity contribution in [2.75, 3.05) is 5.75 Å². The summed E-state index contributed by atoms with van der Waals surface area (Å²) in [5, 5.41) is 9.45. The molecule has 0 saturated heterocycles. The molecule has 1 unspecified atom stereocenters. The number of nitriles is 1. The van der Waals surface area contributed by atoms with E-state index in [1.165, 1.54) is 16.0 Å². The molecule has 102 valence electrons. The Kier molecular flexibility index (Phi) is 4.49. The van der Waals surface area contributed by atoms with Gasteiger partial charge in [-0.3, -0.25) is 0 Å². The van der Waals surface area contributed by atoms with Gasteiger partial charge in [-0.25, -0.2) is 0 Å². The molecule has 2 rings (SSSR count). The topological polar surface area (TPSA) is 49.8 Å². The molecule has 0 bridgehead atoms. The van der Waals surface area contributed by atoms with E-state index in [0.717, 1.165) is 5.56 Å². The number of aryl methyl sites for hydroxylation is 2. The van der Waals surface area contributed by atoms with E-state index in [0.29, 0.717) is 5.75 Å². The second-order valence-electron chi connectivity index (χ2n) is 5.01. The third kappa shape index (κ3) is 3.22. The van der Waals surface area contributed by atoms with E-state index in [1.807, 2.05) is 30.3 Å². The van der Waals surface area contributed by atoms with Crippen LogP contribution >= 0.6 is 11.8 Å². The number of nitrogens with zero attached hydrogens (tertiary/aromatic N) is 1. The van der Waals surface area contributed by atoms with Gasteiger partial charge < -0.3 is 5.73 Å². The molecule has 3 heteroatoms. The summed E-state index contributed by atoms with van der Waals surface area (Å²) in [6, 6.07) is 18.2. The maximum atomic E-state index is 9.45. The van der Waals surface area contributed by atoms with Crippen molar-refractivity contribution < 1.29 is 0 Å². The van der Waals surface area contributed by atoms with Gasteiger partial charge in [0.05, 0.1) is 6.07 Å². The average Bonchev–Trinajstić information content (AvgIpc) is 2.49. The maximum absolute atomic E-state index is 9.45. The monoisotopic (exact) mass is 282 g/mol. The molecule has 0 aliphatic rings. The summed E-state index contributed by atoms with van der Waals surface area (Å²) < 4.78 is 0. The molecular formula is C17H18N2S. The lowest BCUT2D eigenvalue weighted by Crippen LogP contribution is -2.37. The molecule has 1 atom stereocenters. The largest absolute Gasteiger partial charge is 0.309 e. The van der Waals surface area contributed by atoms with Gasteiger partial charge in [0.25, 0.3) is 0 Å². The summed E-state index contributed by atoms with van der Waals surface area (Å²) in [7, 11) is 0. The molecule has 2 aromatic carbocycles. The summed E-state index contributed by atoms with van der Waals surface area (Å²) in [5.41, 5.74) is 8.61. The van der Waals surface area contributed by atoms with Crippen molar-refractivity contribution in [2.45, 2.75) is 24.3 Å². The van der Waals surface area contributed by atoms with Crippen LogP contribution in [0.15, 0.2) is 53.4 Å². The van der Waals surface area contributed by atoms with Crippen molar-refractivity contribution >= 4 is 11.8 Å². The molecule has 2 aromatic rings. The average molecular weight is 282 g/mol. The first-order valence-electron chi connectivity index (χ1n) is 6.51. The van der Waals surface area contributed by atoms with Gasteiger partial charge in [0.2, 0.25) is 0 Å². The normalized spacial score (nSPS) is 13.5. The fraction of sp³-hybridized carbons (Fsp3) is 0.235. The summed E-state index contributed by atoms with van der Waals surface area (Å²) in [6.07, 6.45) is 0. The summed E-state index contributed by atoms with van der Waals surface area (Å²) in [5.74, 6) is 0.539. The quantitative estimate of drug-likeness (QED) is 0.868. The van der Waals surface area contributed by atoms with Gasteiger partial charge in [-0.15, -0.1) is 11.8 Å². The Morgan fingerprint density at radius 1 is 1.15 bits per heavy atom. The predicted octanol–water partition coefficient (Wildman–Crippen LogP) is 3.77. The lowest BCUT2D eigenvalue weighted by Gasteiger charge is -2.22. The standard InChI is InChI=1S/C17H18N2S/c1-13-8-9-14(2)16(10-13)20-12-17(19,11-18)15-6-4-3-5-7-15/h3-10H,12,19H2,1-2H3. The number of rotatable bonds is 4. The number of benzene rings is 2. The van der Waals surface area contributed by atoms with Gasteiger partial charge in [0.1, 0.15) is 5.54 Å². The third-order valence-corrected chi connectivity index (χ3v) is 4.64. The summed E-state index contributed by atoms with van der Waals surface area (Å²) >= 11 is 1.64. The number of hydrogen-bond donors (Lipinski definition) is 1. The summed E-state index contributed by atoms with van der Waals surface area (Å²) in [6.45, 7) is 4.15. The van der Waals surface area contributed by atoms with Crippen LogP contribution in [0.4, 0.5) is 0 Å². The van der Waals surface area contributed by atoms with Crippen LogP contribution in [0.5, 0.6) is 0 Å². The van der Waals surface area contributed by atoms with Crippen LogP contribution in [0, 0.1) is 25.2 Å². The van der Waals surface area contributed by atoms with Crippen LogP contribution in [0.1, 0.15) is 16.7 Å². The molecule has 0 saturated carbocycles. The van der Waals surface area contributed by atoms with Gasteiger partial charge in [0.15, 0.2) is 0 Å². The molecule has 0 spiro atoms. The van der Waals surface area contributed by atoms with Crippen LogP contribution in [0.2, 0.25) is 0 Å². The number of thioether (sulfide) groups is 1. The highest BCUT2D eigenvalue weighted by Crippen LogP contribution is 2.30. The maximum Gasteiger partial charge on any atom is 0.139 e. The van der Waals surface area contributed by atoms with Crippen molar-refractivity contribution in [3.8, 4) is 6.07 Å². The molecule has 0 radical (unpaired) electrons. The van der Waals surface area contributed by atoms with E-state index in [4.69, 9.17) is 5.73 Å². The molecule has 2 nitrogen and oxygen atoms in total. The second kappa shape index (κ2) is 6.13. The van der Waals surface area contributed by atoms with Crippen LogP contribution < -0.4 is 5.73 Å². The Balaban J connectivity index is 2.20. The minimum Gasteiger partial charge on any atom is -0.309 e. The van der Waals surface area contributed by atoms with Crippen LogP contribution in [-0.2, 0) is 5.54 Å². The number of nitrogens with two attached hydrogens (primary N) is 1. The molecule has 0 aromatic heterocycles. The van der Waals surface area contributed by atoms with Crippen molar-refractivity contribution in [3.05, 3.63) is 65.2 Å². The molecule has 0 amide bonds. The predicted molar refractivity (Wildman–Crippen MR) is 84.6 cm³/mol. The van der Waals surface area contributed by atoms with Crippen LogP contribution in [-0.4, -0.2) is 5.75 Å². The highest BCUT2D eigenvalue weighted by atomic mass is 32.2. The Labute approximate surface area is 124 Å². The van der Waals surface area contributed by atoms with Crippen LogP contribution in [0.25, 0.3) is 0 Å². The van der Waals surface area contributed by atoms with Gasteiger partial charge in [-0.05, 0) is 31.0 Å². The highest BCUT2D eigenvalue weighted by Gasteiger charge is 2.27. The smallest absolute Gasteiger partial charge is 0.139 e. The summed E-state index contributed by atoms with van der Waals surface area (Å²) in [4.78, 5) is 1.19. The van der Waals surface area contributed by atoms with Gasteiger partial charge >= 0.3 is 0 Å².